The fraction of sp³-hybridized carbons (Fsp3) is 0.0811. The molecule has 0 bridgehead atoms. The third-order valence-electron chi connectivity index (χ3n) is 8.06. The number of hydrogen-bond donors (Lipinski definition) is 0. The Morgan fingerprint density at radius 2 is 1.56 bits per heavy atom. The second kappa shape index (κ2) is 11.3. The summed E-state index contributed by atoms with van der Waals surface area (Å²) in [4.78, 5) is 16.6. The quantitative estimate of drug-likeness (QED) is 0.186. The lowest BCUT2D eigenvalue weighted by atomic mass is 9.95. The zero-order valence-corrected chi connectivity index (χ0v) is 26.3. The number of anilines is 1. The van der Waals surface area contributed by atoms with Gasteiger partial charge in [0.1, 0.15) is 17.2 Å². The number of para-hydroxylation sites is 2. The Labute approximate surface area is 273 Å². The van der Waals surface area contributed by atoms with E-state index in [1.807, 2.05) is 126 Å². The molecule has 3 aliphatic heterocycles. The van der Waals surface area contributed by atoms with Crippen molar-refractivity contribution in [3.8, 4) is 17.2 Å². The van der Waals surface area contributed by atoms with Crippen LogP contribution in [0.4, 0.5) is 10.5 Å². The summed E-state index contributed by atoms with van der Waals surface area (Å²) >= 11 is 4.83. The minimum Gasteiger partial charge on any atom is -0.457 e. The van der Waals surface area contributed by atoms with Gasteiger partial charge in [0.15, 0.2) is 0 Å². The maximum absolute atomic E-state index is 14.1. The van der Waals surface area contributed by atoms with Crippen molar-refractivity contribution in [2.45, 2.75) is 18.3 Å². The average molecular weight is 673 g/mol. The minimum absolute atomic E-state index is 0.146. The Morgan fingerprint density at radius 1 is 0.844 bits per heavy atom. The number of nitrogens with zero attached hydrogens (tertiary/aromatic N) is 3. The monoisotopic (exact) mass is 671 g/mol. The molecule has 1 spiro atoms. The highest BCUT2D eigenvalue weighted by molar-refractivity contribution is 9.10. The summed E-state index contributed by atoms with van der Waals surface area (Å²) in [6.45, 7) is 0. The van der Waals surface area contributed by atoms with Crippen molar-refractivity contribution in [2.24, 2.45) is 5.10 Å². The third-order valence-corrected chi connectivity index (χ3v) is 9.52. The number of halogens is 1. The van der Waals surface area contributed by atoms with E-state index in [0.29, 0.717) is 22.8 Å². The predicted octanol–water partition coefficient (Wildman–Crippen LogP) is 9.85. The molecule has 0 radical (unpaired) electrons. The first-order valence-corrected chi connectivity index (χ1v) is 16.2. The predicted molar refractivity (Wildman–Crippen MR) is 183 cm³/mol. The fourth-order valence-electron chi connectivity index (χ4n) is 6.09. The van der Waals surface area contributed by atoms with E-state index in [0.717, 1.165) is 50.1 Å². The largest absolute Gasteiger partial charge is 0.457 e. The van der Waals surface area contributed by atoms with E-state index >= 15 is 0 Å². The van der Waals surface area contributed by atoms with Gasteiger partial charge >= 0.3 is 5.85 Å². The number of fused-ring (bicyclic) bond motifs is 4. The molecule has 8 heteroatoms. The van der Waals surface area contributed by atoms with Crippen molar-refractivity contribution in [3.05, 3.63) is 160 Å². The highest BCUT2D eigenvalue weighted by atomic mass is 79.9. The molecule has 3 aliphatic rings. The summed E-state index contributed by atoms with van der Waals surface area (Å²) in [5.74, 6) is 0.802. The van der Waals surface area contributed by atoms with Gasteiger partial charge in [0.05, 0.1) is 22.3 Å². The standard InChI is InChI=1S/C37H26BrN3O3S/c38-27-19-20-34-31(23-27)33-24-32(26-12-4-1-5-13-26)39-41(33)37(44-34)35(45-36(42)40(37)28-14-6-2-7-15-28)22-25-11-10-18-30(21-25)43-29-16-8-3-9-17-29/h1-23,33H,24H2/b35-22-. The van der Waals surface area contributed by atoms with Crippen molar-refractivity contribution in [2.75, 3.05) is 4.90 Å². The zero-order valence-electron chi connectivity index (χ0n) is 23.9. The Hall–Kier alpha value is -4.79. The van der Waals surface area contributed by atoms with Crippen LogP contribution in [0.2, 0.25) is 0 Å². The van der Waals surface area contributed by atoms with E-state index in [4.69, 9.17) is 14.6 Å². The van der Waals surface area contributed by atoms with E-state index in [1.165, 1.54) is 0 Å². The van der Waals surface area contributed by atoms with Gasteiger partial charge in [-0.3, -0.25) is 4.79 Å². The normalized spacial score (nSPS) is 21.0. The lowest BCUT2D eigenvalue weighted by Gasteiger charge is -2.49. The van der Waals surface area contributed by atoms with Crippen molar-refractivity contribution in [1.82, 2.24) is 5.01 Å². The highest BCUT2D eigenvalue weighted by Gasteiger charge is 2.63. The van der Waals surface area contributed by atoms with Crippen molar-refractivity contribution < 1.29 is 14.3 Å². The molecule has 1 amide bonds. The van der Waals surface area contributed by atoms with Crippen LogP contribution in [0.1, 0.15) is 29.2 Å². The fourth-order valence-corrected chi connectivity index (χ4v) is 7.53. The number of ether oxygens (including phenoxy) is 2. The van der Waals surface area contributed by atoms with Gasteiger partial charge in [-0.2, -0.15) is 5.10 Å². The molecule has 2 atom stereocenters. The molecule has 0 saturated carbocycles. The highest BCUT2D eigenvalue weighted by Crippen LogP contribution is 2.57. The van der Waals surface area contributed by atoms with E-state index < -0.39 is 5.85 Å². The van der Waals surface area contributed by atoms with Crippen LogP contribution in [-0.4, -0.2) is 21.8 Å². The maximum Gasteiger partial charge on any atom is 0.321 e. The number of carbonyl (C=O) groups excluding carboxylic acids is 1. The second-order valence-corrected chi connectivity index (χ2v) is 12.8. The molecule has 45 heavy (non-hydrogen) atoms. The summed E-state index contributed by atoms with van der Waals surface area (Å²) in [5, 5.41) is 7.10. The SMILES string of the molecule is O=C1S/C(=C\c2cccc(Oc3ccccc3)c2)C2(Oc3ccc(Br)cc3C3CC(c4ccccc4)=NN32)N1c1ccccc1. The van der Waals surface area contributed by atoms with Crippen LogP contribution >= 0.6 is 27.7 Å². The summed E-state index contributed by atoms with van der Waals surface area (Å²) in [6.07, 6.45) is 2.67. The number of rotatable bonds is 5. The molecular formula is C37H26BrN3O3S. The van der Waals surface area contributed by atoms with Crippen LogP contribution in [0.3, 0.4) is 0 Å². The second-order valence-electron chi connectivity index (χ2n) is 10.9. The maximum atomic E-state index is 14.1. The summed E-state index contributed by atoms with van der Waals surface area (Å²) in [7, 11) is 0. The average Bonchev–Trinajstić information content (AvgIpc) is 3.63. The smallest absolute Gasteiger partial charge is 0.321 e. The van der Waals surface area contributed by atoms with Gasteiger partial charge in [-0.25, -0.2) is 9.91 Å². The number of carbonyl (C=O) groups is 1. The number of thioether (sulfide) groups is 1. The van der Waals surface area contributed by atoms with Crippen LogP contribution < -0.4 is 14.4 Å². The van der Waals surface area contributed by atoms with E-state index in [-0.39, 0.29) is 11.3 Å². The Bertz CT molecular complexity index is 1970. The molecular weight excluding hydrogens is 646 g/mol. The molecule has 8 rings (SSSR count). The molecule has 220 valence electrons. The van der Waals surface area contributed by atoms with E-state index in [1.54, 1.807) is 4.90 Å². The van der Waals surface area contributed by atoms with Crippen LogP contribution in [0.25, 0.3) is 6.08 Å². The molecule has 6 nitrogen and oxygen atoms in total. The molecule has 0 N–H and O–H groups in total. The first-order chi connectivity index (χ1) is 22.1. The van der Waals surface area contributed by atoms with Crippen molar-refractivity contribution >= 4 is 50.4 Å². The van der Waals surface area contributed by atoms with Gasteiger partial charge in [0.25, 0.3) is 5.24 Å². The molecule has 2 unspecified atom stereocenters. The Kier molecular flexibility index (Phi) is 6.96. The Morgan fingerprint density at radius 3 is 2.33 bits per heavy atom. The third kappa shape index (κ3) is 4.90. The van der Waals surface area contributed by atoms with Gasteiger partial charge in [0, 0.05) is 16.5 Å². The van der Waals surface area contributed by atoms with Crippen molar-refractivity contribution in [3.63, 3.8) is 0 Å². The zero-order chi connectivity index (χ0) is 30.4. The molecule has 0 aromatic heterocycles. The lowest BCUT2D eigenvalue weighted by Crippen LogP contribution is -2.63. The lowest BCUT2D eigenvalue weighted by molar-refractivity contribution is -0.0763. The minimum atomic E-state index is -1.36. The Balaban J connectivity index is 1.31. The molecule has 3 heterocycles. The van der Waals surface area contributed by atoms with Crippen LogP contribution in [0.15, 0.2) is 148 Å². The first-order valence-electron chi connectivity index (χ1n) is 14.6. The molecule has 5 aromatic rings. The number of hydrazone groups is 1. The molecule has 1 fully saturated rings. The van der Waals surface area contributed by atoms with Gasteiger partial charge in [0.2, 0.25) is 0 Å². The van der Waals surface area contributed by atoms with Crippen LogP contribution in [-0.2, 0) is 0 Å². The van der Waals surface area contributed by atoms with Crippen LogP contribution in [0, 0.1) is 0 Å². The van der Waals surface area contributed by atoms with E-state index in [9.17, 15) is 4.79 Å². The topological polar surface area (TPSA) is 54.4 Å². The summed E-state index contributed by atoms with van der Waals surface area (Å²) < 4.78 is 14.2. The van der Waals surface area contributed by atoms with Gasteiger partial charge in [-0.1, -0.05) is 94.8 Å². The van der Waals surface area contributed by atoms with Gasteiger partial charge < -0.3 is 9.47 Å². The van der Waals surface area contributed by atoms with Gasteiger partial charge in [-0.05, 0) is 83.6 Å². The first kappa shape index (κ1) is 27.7. The van der Waals surface area contributed by atoms with E-state index in [2.05, 4.69) is 34.1 Å². The molecule has 0 aliphatic carbocycles. The number of amides is 1. The summed E-state index contributed by atoms with van der Waals surface area (Å²) in [6, 6.07) is 43.3. The molecule has 1 saturated heterocycles. The van der Waals surface area contributed by atoms with Gasteiger partial charge in [-0.15, -0.1) is 0 Å². The number of benzene rings is 5. The summed E-state index contributed by atoms with van der Waals surface area (Å²) in [5.41, 5.74) is 4.59. The van der Waals surface area contributed by atoms with Crippen LogP contribution in [0.5, 0.6) is 17.2 Å². The van der Waals surface area contributed by atoms with Crippen molar-refractivity contribution in [1.29, 1.82) is 0 Å². The molecule has 5 aromatic carbocycles. The number of hydrogen-bond acceptors (Lipinski definition) is 6.